The van der Waals surface area contributed by atoms with Gasteiger partial charge in [-0.3, -0.25) is 0 Å². The fourth-order valence-electron chi connectivity index (χ4n) is 0.531. The van der Waals surface area contributed by atoms with E-state index in [0.29, 0.717) is 6.04 Å². The fourth-order valence-corrected chi connectivity index (χ4v) is 0.531. The van der Waals surface area contributed by atoms with E-state index in [1.807, 2.05) is 0 Å². The summed E-state index contributed by atoms with van der Waals surface area (Å²) in [6.07, 6.45) is 0.471. The highest BCUT2D eigenvalue weighted by atomic mass is 16.6. The third-order valence-corrected chi connectivity index (χ3v) is 1.31. The average Bonchev–Trinajstić information content (AvgIpc) is 2.69. The highest BCUT2D eigenvalue weighted by molar-refractivity contribution is 5.74. The van der Waals surface area contributed by atoms with E-state index in [2.05, 4.69) is 5.32 Å². The van der Waals surface area contributed by atoms with Crippen molar-refractivity contribution < 1.29 is 19.8 Å². The minimum absolute atomic E-state index is 0.0255. The van der Waals surface area contributed by atoms with Gasteiger partial charge in [0.05, 0.1) is 0 Å². The molecule has 1 aliphatic carbocycles. The Bertz CT molecular complexity index is 185. The van der Waals surface area contributed by atoms with Gasteiger partial charge in [0.2, 0.25) is 0 Å². The molecule has 0 bridgehead atoms. The van der Waals surface area contributed by atoms with Gasteiger partial charge in [-0.05, 0) is 12.8 Å². The molecule has 0 atom stereocenters. The fraction of sp³-hybridized carbons (Fsp3) is 0.714. The van der Waals surface area contributed by atoms with Crippen LogP contribution in [0.2, 0.25) is 0 Å². The predicted molar refractivity (Wildman–Crippen MR) is 45.9 cm³/mol. The average molecular weight is 190 g/mol. The maximum Gasteiger partial charge on any atom is 0.503 e. The topological polar surface area (TPSA) is 89.9 Å². The van der Waals surface area contributed by atoms with E-state index in [9.17, 15) is 4.79 Å². The zero-order chi connectivity index (χ0) is 10.4. The Morgan fingerprint density at radius 1 is 1.31 bits per heavy atom. The van der Waals surface area contributed by atoms with Crippen molar-refractivity contribution in [1.29, 1.82) is 0 Å². The third-order valence-electron chi connectivity index (χ3n) is 1.31. The van der Waals surface area contributed by atoms with Crippen molar-refractivity contribution >= 4 is 12.2 Å². The first-order valence-electron chi connectivity index (χ1n) is 3.83. The van der Waals surface area contributed by atoms with Crippen LogP contribution in [0, 0.1) is 0 Å². The molecule has 6 heteroatoms. The smallest absolute Gasteiger partial charge is 0.450 e. The molecule has 2 amide bonds. The van der Waals surface area contributed by atoms with E-state index in [4.69, 9.17) is 15.0 Å². The largest absolute Gasteiger partial charge is 0.503 e. The lowest BCUT2D eigenvalue weighted by Gasteiger charge is -2.10. The van der Waals surface area contributed by atoms with Crippen LogP contribution in [-0.2, 0) is 0 Å². The second kappa shape index (κ2) is 5.23. The molecule has 0 radical (unpaired) electrons. The highest BCUT2D eigenvalue weighted by Gasteiger charge is 2.23. The lowest BCUT2D eigenvalue weighted by Crippen LogP contribution is -2.35. The van der Waals surface area contributed by atoms with Gasteiger partial charge in [-0.2, -0.15) is 0 Å². The van der Waals surface area contributed by atoms with Crippen molar-refractivity contribution in [3.8, 4) is 0 Å². The summed E-state index contributed by atoms with van der Waals surface area (Å²) in [5.41, 5.74) is 0. The van der Waals surface area contributed by atoms with E-state index in [1.165, 1.54) is 0 Å². The molecule has 0 spiro atoms. The Hall–Kier alpha value is -1.46. The number of hydrogen-bond acceptors (Lipinski definition) is 2. The highest BCUT2D eigenvalue weighted by Crippen LogP contribution is 2.18. The second-order valence-corrected chi connectivity index (χ2v) is 2.90. The molecular formula is C7H14N2O4. The van der Waals surface area contributed by atoms with Crippen molar-refractivity contribution in [2.24, 2.45) is 0 Å². The molecule has 1 saturated carbocycles. The number of carbonyl (C=O) groups is 2. The van der Waals surface area contributed by atoms with Gasteiger partial charge >= 0.3 is 12.2 Å². The summed E-state index contributed by atoms with van der Waals surface area (Å²) in [4.78, 5) is 20.9. The third kappa shape index (κ3) is 8.45. The molecule has 3 N–H and O–H groups in total. The normalized spacial score (nSPS) is 13.7. The minimum atomic E-state index is -1.83. The Kier molecular flexibility index (Phi) is 4.64. The molecule has 0 heterocycles. The monoisotopic (exact) mass is 190 g/mol. The van der Waals surface area contributed by atoms with Crippen LogP contribution in [0.4, 0.5) is 9.59 Å². The molecule has 0 unspecified atom stereocenters. The molecule has 1 rings (SSSR count). The second-order valence-electron chi connectivity index (χ2n) is 2.90. The standard InChI is InChI=1S/C6H12N2O.CH2O3/c1-8(2)6(9)7-5-3-4-5;2-1(3)4/h5H,3-4H2,1-2H3,(H,7,9);(H2,2,3,4). The molecule has 0 saturated heterocycles. The lowest BCUT2D eigenvalue weighted by molar-refractivity contribution is 0.137. The maximum atomic E-state index is 10.8. The van der Waals surface area contributed by atoms with Crippen LogP contribution in [-0.4, -0.2) is 47.4 Å². The summed E-state index contributed by atoms with van der Waals surface area (Å²) in [5, 5.41) is 16.8. The van der Waals surface area contributed by atoms with Gasteiger partial charge in [-0.15, -0.1) is 0 Å². The van der Waals surface area contributed by atoms with Gasteiger partial charge in [-0.1, -0.05) is 0 Å². The van der Waals surface area contributed by atoms with Crippen molar-refractivity contribution in [3.05, 3.63) is 0 Å². The van der Waals surface area contributed by atoms with Gasteiger partial charge in [0.1, 0.15) is 0 Å². The SMILES string of the molecule is CN(C)C(=O)NC1CC1.O=C(O)O. The molecule has 0 aromatic rings. The summed E-state index contributed by atoms with van der Waals surface area (Å²) >= 11 is 0. The van der Waals surface area contributed by atoms with E-state index < -0.39 is 6.16 Å². The van der Waals surface area contributed by atoms with E-state index in [-0.39, 0.29) is 6.03 Å². The van der Waals surface area contributed by atoms with Crippen LogP contribution in [0.3, 0.4) is 0 Å². The number of carbonyl (C=O) groups excluding carboxylic acids is 1. The van der Waals surface area contributed by atoms with Gasteiger partial charge in [-0.25, -0.2) is 9.59 Å². The Morgan fingerprint density at radius 2 is 1.69 bits per heavy atom. The Balaban J connectivity index is 0.000000310. The zero-order valence-corrected chi connectivity index (χ0v) is 7.65. The first-order valence-corrected chi connectivity index (χ1v) is 3.83. The summed E-state index contributed by atoms with van der Waals surface area (Å²) in [6, 6.07) is 0.498. The van der Waals surface area contributed by atoms with Crippen LogP contribution in [0.25, 0.3) is 0 Å². The van der Waals surface area contributed by atoms with Crippen LogP contribution in [0.5, 0.6) is 0 Å². The summed E-state index contributed by atoms with van der Waals surface area (Å²) in [5.74, 6) is 0. The molecule has 0 aliphatic heterocycles. The summed E-state index contributed by atoms with van der Waals surface area (Å²) in [6.45, 7) is 0. The van der Waals surface area contributed by atoms with Crippen LogP contribution >= 0.6 is 0 Å². The van der Waals surface area contributed by atoms with Gasteiger partial charge in [0.15, 0.2) is 0 Å². The molecule has 76 valence electrons. The molecule has 1 aliphatic rings. The zero-order valence-electron chi connectivity index (χ0n) is 7.65. The summed E-state index contributed by atoms with van der Waals surface area (Å²) in [7, 11) is 3.50. The quantitative estimate of drug-likeness (QED) is 0.566. The van der Waals surface area contributed by atoms with Crippen molar-refractivity contribution in [3.63, 3.8) is 0 Å². The van der Waals surface area contributed by atoms with Gasteiger partial charge < -0.3 is 20.4 Å². The molecule has 6 nitrogen and oxygen atoms in total. The molecule has 0 aromatic carbocycles. The van der Waals surface area contributed by atoms with Gasteiger partial charge in [0, 0.05) is 20.1 Å². The molecule has 13 heavy (non-hydrogen) atoms. The number of urea groups is 1. The number of amides is 2. The van der Waals surface area contributed by atoms with Crippen LogP contribution in [0.1, 0.15) is 12.8 Å². The number of rotatable bonds is 1. The van der Waals surface area contributed by atoms with Gasteiger partial charge in [0.25, 0.3) is 0 Å². The molecular weight excluding hydrogens is 176 g/mol. The number of nitrogens with one attached hydrogen (secondary N) is 1. The number of carboxylic acid groups (broad SMARTS) is 2. The van der Waals surface area contributed by atoms with E-state index >= 15 is 0 Å². The van der Waals surface area contributed by atoms with Crippen molar-refractivity contribution in [2.75, 3.05) is 14.1 Å². The Labute approximate surface area is 76.2 Å². The molecule has 1 fully saturated rings. The minimum Gasteiger partial charge on any atom is -0.450 e. The lowest BCUT2D eigenvalue weighted by atomic mass is 10.7. The van der Waals surface area contributed by atoms with E-state index in [1.54, 1.807) is 19.0 Å². The number of hydrogen-bond donors (Lipinski definition) is 3. The van der Waals surface area contributed by atoms with Crippen molar-refractivity contribution in [1.82, 2.24) is 10.2 Å². The van der Waals surface area contributed by atoms with Crippen LogP contribution in [0.15, 0.2) is 0 Å². The van der Waals surface area contributed by atoms with Crippen LogP contribution < -0.4 is 5.32 Å². The summed E-state index contributed by atoms with van der Waals surface area (Å²) < 4.78 is 0. The van der Waals surface area contributed by atoms with E-state index in [0.717, 1.165) is 12.8 Å². The number of nitrogens with zero attached hydrogens (tertiary/aromatic N) is 1. The van der Waals surface area contributed by atoms with Crippen molar-refractivity contribution in [2.45, 2.75) is 18.9 Å². The Morgan fingerprint density at radius 3 is 1.92 bits per heavy atom. The maximum absolute atomic E-state index is 10.8. The first kappa shape index (κ1) is 11.5. The predicted octanol–water partition coefficient (Wildman–Crippen LogP) is 0.642. The first-order chi connectivity index (χ1) is 5.93. The molecule has 0 aromatic heterocycles.